The Bertz CT molecular complexity index is 1010. The van der Waals surface area contributed by atoms with Gasteiger partial charge < -0.3 is 4.74 Å². The van der Waals surface area contributed by atoms with Crippen LogP contribution in [0, 0.1) is 16.0 Å². The van der Waals surface area contributed by atoms with E-state index in [-0.39, 0.29) is 44.9 Å². The molecule has 0 N–H and O–H groups in total. The van der Waals surface area contributed by atoms with Crippen molar-refractivity contribution in [1.29, 1.82) is 0 Å². The summed E-state index contributed by atoms with van der Waals surface area (Å²) in [6, 6.07) is 6.32. The second kappa shape index (κ2) is 8.41. The van der Waals surface area contributed by atoms with Crippen molar-refractivity contribution in [2.45, 2.75) is 26.3 Å². The maximum atomic E-state index is 12.9. The maximum Gasteiger partial charge on any atom is 0.334 e. The molecule has 0 saturated carbocycles. The first-order valence-electron chi connectivity index (χ1n) is 8.93. The number of benzene rings is 2. The van der Waals surface area contributed by atoms with Gasteiger partial charge in [-0.05, 0) is 36.6 Å². The van der Waals surface area contributed by atoms with Crippen LogP contribution in [0.4, 0.5) is 5.69 Å². The zero-order chi connectivity index (χ0) is 22.2. The second-order valence-electron chi connectivity index (χ2n) is 7.11. The molecule has 0 bridgehead atoms. The minimum atomic E-state index is -1.19. The number of rotatable bonds is 6. The number of nitro benzene ring substituents is 1. The minimum absolute atomic E-state index is 0.0455. The number of carbonyl (C=O) groups is 3. The molecular weight excluding hydrogens is 435 g/mol. The summed E-state index contributed by atoms with van der Waals surface area (Å²) >= 11 is 11.9. The molecule has 0 radical (unpaired) electrons. The van der Waals surface area contributed by atoms with Crippen molar-refractivity contribution in [2.24, 2.45) is 5.92 Å². The van der Waals surface area contributed by atoms with E-state index in [1.54, 1.807) is 0 Å². The highest BCUT2D eigenvalue weighted by Crippen LogP contribution is 2.33. The van der Waals surface area contributed by atoms with Gasteiger partial charge in [0, 0.05) is 12.1 Å². The second-order valence-corrected chi connectivity index (χ2v) is 7.92. The van der Waals surface area contributed by atoms with Crippen molar-refractivity contribution in [1.82, 2.24) is 4.90 Å². The molecule has 2 amide bonds. The predicted octanol–water partition coefficient (Wildman–Crippen LogP) is 4.52. The molecule has 30 heavy (non-hydrogen) atoms. The summed E-state index contributed by atoms with van der Waals surface area (Å²) in [5, 5.41) is 11.0. The molecule has 156 valence electrons. The van der Waals surface area contributed by atoms with Gasteiger partial charge in [0.2, 0.25) is 0 Å². The van der Waals surface area contributed by atoms with Gasteiger partial charge in [0.25, 0.3) is 17.5 Å². The number of fused-ring (bicyclic) bond motifs is 1. The molecule has 2 aromatic rings. The molecule has 3 rings (SSSR count). The zero-order valence-corrected chi connectivity index (χ0v) is 17.4. The highest BCUT2D eigenvalue weighted by Gasteiger charge is 2.44. The highest BCUT2D eigenvalue weighted by molar-refractivity contribution is 6.43. The first kappa shape index (κ1) is 21.7. The standard InChI is InChI=1S/C20H16Cl2N2O6/c1-10(2)7-17(20(27)30-12-5-3-11(4-6-12)24(28)29)23-18(25)13-8-15(21)16(22)9-14(13)19(23)26/h3-6,8-10,17H,7H2,1-2H3/t17-/m1/s1. The van der Waals surface area contributed by atoms with E-state index in [9.17, 15) is 24.5 Å². The first-order valence-corrected chi connectivity index (χ1v) is 9.68. The van der Waals surface area contributed by atoms with E-state index in [2.05, 4.69) is 0 Å². The van der Waals surface area contributed by atoms with Gasteiger partial charge >= 0.3 is 5.97 Å². The smallest absolute Gasteiger partial charge is 0.334 e. The number of ether oxygens (including phenoxy) is 1. The minimum Gasteiger partial charge on any atom is -0.425 e. The summed E-state index contributed by atoms with van der Waals surface area (Å²) in [6.45, 7) is 3.66. The molecule has 10 heteroatoms. The van der Waals surface area contributed by atoms with Gasteiger partial charge in [0.05, 0.1) is 26.1 Å². The van der Waals surface area contributed by atoms with Gasteiger partial charge in [0.15, 0.2) is 0 Å². The van der Waals surface area contributed by atoms with E-state index in [1.807, 2.05) is 13.8 Å². The van der Waals surface area contributed by atoms with Crippen molar-refractivity contribution in [3.8, 4) is 5.75 Å². The third-order valence-corrected chi connectivity index (χ3v) is 5.23. The lowest BCUT2D eigenvalue weighted by molar-refractivity contribution is -0.384. The fourth-order valence-corrected chi connectivity index (χ4v) is 3.44. The molecule has 0 saturated heterocycles. The fraction of sp³-hybridized carbons (Fsp3) is 0.250. The number of hydrogen-bond acceptors (Lipinski definition) is 6. The topological polar surface area (TPSA) is 107 Å². The summed E-state index contributed by atoms with van der Waals surface area (Å²) in [5.74, 6) is -2.15. The fourth-order valence-electron chi connectivity index (χ4n) is 3.11. The molecule has 0 aliphatic carbocycles. The van der Waals surface area contributed by atoms with Crippen LogP contribution in [0.2, 0.25) is 10.0 Å². The molecule has 1 aliphatic rings. The van der Waals surface area contributed by atoms with Crippen molar-refractivity contribution >= 4 is 46.7 Å². The number of carbonyl (C=O) groups excluding carboxylic acids is 3. The van der Waals surface area contributed by atoms with Gasteiger partial charge in [-0.15, -0.1) is 0 Å². The molecule has 0 spiro atoms. The number of esters is 1. The summed E-state index contributed by atoms with van der Waals surface area (Å²) in [4.78, 5) is 49.7. The maximum absolute atomic E-state index is 12.9. The van der Waals surface area contributed by atoms with Crippen LogP contribution in [0.5, 0.6) is 5.75 Å². The Morgan fingerprint density at radius 3 is 2.00 bits per heavy atom. The van der Waals surface area contributed by atoms with Crippen LogP contribution in [0.3, 0.4) is 0 Å². The zero-order valence-electron chi connectivity index (χ0n) is 15.9. The Hall–Kier alpha value is -2.97. The number of nitro groups is 1. The highest BCUT2D eigenvalue weighted by atomic mass is 35.5. The van der Waals surface area contributed by atoms with Gasteiger partial charge in [-0.1, -0.05) is 37.0 Å². The molecule has 0 unspecified atom stereocenters. The lowest BCUT2D eigenvalue weighted by Gasteiger charge is -2.25. The van der Waals surface area contributed by atoms with Crippen LogP contribution < -0.4 is 4.74 Å². The van der Waals surface area contributed by atoms with Crippen LogP contribution in [-0.4, -0.2) is 33.6 Å². The Morgan fingerprint density at radius 1 is 1.07 bits per heavy atom. The molecule has 1 atom stereocenters. The van der Waals surface area contributed by atoms with Crippen molar-refractivity contribution < 1.29 is 24.0 Å². The van der Waals surface area contributed by atoms with Crippen LogP contribution in [0.25, 0.3) is 0 Å². The van der Waals surface area contributed by atoms with Crippen LogP contribution in [0.1, 0.15) is 41.0 Å². The molecule has 0 fully saturated rings. The first-order chi connectivity index (χ1) is 14.1. The SMILES string of the molecule is CC(C)C[C@H](C(=O)Oc1ccc([N+](=O)[O-])cc1)N1C(=O)c2cc(Cl)c(Cl)cc2C1=O. The number of nitrogens with zero attached hydrogens (tertiary/aromatic N) is 2. The van der Waals surface area contributed by atoms with E-state index in [1.165, 1.54) is 36.4 Å². The molecular formula is C20H16Cl2N2O6. The van der Waals surface area contributed by atoms with Crippen molar-refractivity contribution in [2.75, 3.05) is 0 Å². The van der Waals surface area contributed by atoms with Crippen molar-refractivity contribution in [3.05, 3.63) is 67.7 Å². The van der Waals surface area contributed by atoms with Gasteiger partial charge in [-0.25, -0.2) is 4.79 Å². The van der Waals surface area contributed by atoms with Crippen molar-refractivity contribution in [3.63, 3.8) is 0 Å². The lowest BCUT2D eigenvalue weighted by atomic mass is 10.0. The van der Waals surface area contributed by atoms with Gasteiger partial charge in [-0.3, -0.25) is 24.6 Å². The van der Waals surface area contributed by atoms with E-state index in [0.717, 1.165) is 4.90 Å². The quantitative estimate of drug-likeness (QED) is 0.210. The Balaban J connectivity index is 1.90. The average molecular weight is 451 g/mol. The molecule has 2 aromatic carbocycles. The predicted molar refractivity (Wildman–Crippen MR) is 109 cm³/mol. The van der Waals surface area contributed by atoms with E-state index < -0.39 is 28.7 Å². The lowest BCUT2D eigenvalue weighted by Crippen LogP contribution is -2.47. The van der Waals surface area contributed by atoms with Gasteiger partial charge in [0.1, 0.15) is 11.8 Å². The molecule has 1 aliphatic heterocycles. The number of amides is 2. The monoisotopic (exact) mass is 450 g/mol. The van der Waals surface area contributed by atoms with Crippen LogP contribution in [0.15, 0.2) is 36.4 Å². The average Bonchev–Trinajstić information content (AvgIpc) is 2.90. The Morgan fingerprint density at radius 2 is 1.57 bits per heavy atom. The normalized spacial score (nSPS) is 14.1. The number of hydrogen-bond donors (Lipinski definition) is 0. The Labute approximate surface area is 181 Å². The molecule has 0 aromatic heterocycles. The third-order valence-electron chi connectivity index (χ3n) is 4.50. The summed E-state index contributed by atoms with van der Waals surface area (Å²) in [6.07, 6.45) is 0.165. The van der Waals surface area contributed by atoms with Crippen LogP contribution >= 0.6 is 23.2 Å². The third kappa shape index (κ3) is 4.15. The number of imide groups is 1. The van der Waals surface area contributed by atoms with E-state index >= 15 is 0 Å². The van der Waals surface area contributed by atoms with E-state index in [0.29, 0.717) is 0 Å². The van der Waals surface area contributed by atoms with E-state index in [4.69, 9.17) is 27.9 Å². The summed E-state index contributed by atoms with van der Waals surface area (Å²) < 4.78 is 5.31. The number of halogens is 2. The Kier molecular flexibility index (Phi) is 6.09. The van der Waals surface area contributed by atoms with Crippen LogP contribution in [-0.2, 0) is 4.79 Å². The molecule has 1 heterocycles. The van der Waals surface area contributed by atoms with Gasteiger partial charge in [-0.2, -0.15) is 0 Å². The number of non-ortho nitro benzene ring substituents is 1. The summed E-state index contributed by atoms with van der Waals surface area (Å²) in [5.41, 5.74) is -0.0415. The summed E-state index contributed by atoms with van der Waals surface area (Å²) in [7, 11) is 0. The largest absolute Gasteiger partial charge is 0.425 e. The molecule has 8 nitrogen and oxygen atoms in total.